The van der Waals surface area contributed by atoms with Crippen molar-refractivity contribution in [3.05, 3.63) is 56.5 Å². The Balaban J connectivity index is 1.78. The molecule has 0 aliphatic heterocycles. The van der Waals surface area contributed by atoms with E-state index >= 15 is 0 Å². The van der Waals surface area contributed by atoms with Crippen LogP contribution in [-0.2, 0) is 4.74 Å². The minimum atomic E-state index is -0.640. The molecule has 186 valence electrons. The first-order chi connectivity index (χ1) is 16.6. The van der Waals surface area contributed by atoms with E-state index in [4.69, 9.17) is 10.5 Å². The maximum absolute atomic E-state index is 12.9. The Hall–Kier alpha value is -3.55. The summed E-state index contributed by atoms with van der Waals surface area (Å²) in [4.78, 5) is 38.4. The van der Waals surface area contributed by atoms with Crippen molar-refractivity contribution in [3.8, 4) is 0 Å². The topological polar surface area (TPSA) is 168 Å². The average molecular weight is 518 g/mol. The Kier molecular flexibility index (Phi) is 8.38. The van der Waals surface area contributed by atoms with Crippen LogP contribution in [0, 0.1) is 13.8 Å². The first-order valence-electron chi connectivity index (χ1n) is 10.6. The van der Waals surface area contributed by atoms with E-state index < -0.39 is 11.7 Å². The number of aromatic nitrogens is 3. The van der Waals surface area contributed by atoms with Crippen molar-refractivity contribution in [3.63, 3.8) is 0 Å². The Bertz CT molecular complexity index is 1330. The highest BCUT2D eigenvalue weighted by molar-refractivity contribution is 7.18. The molecule has 3 aromatic rings. The van der Waals surface area contributed by atoms with Crippen molar-refractivity contribution in [2.24, 2.45) is 10.7 Å². The predicted molar refractivity (Wildman–Crippen MR) is 140 cm³/mol. The van der Waals surface area contributed by atoms with Gasteiger partial charge >= 0.3 is 0 Å². The number of H-pyrrole nitrogens is 1. The molecule has 0 bridgehead atoms. The number of nitrogens with one attached hydrogen (secondary N) is 3. The Labute approximate surface area is 210 Å². The molecule has 3 aromatic heterocycles. The number of anilines is 3. The number of aromatic amines is 1. The summed E-state index contributed by atoms with van der Waals surface area (Å²) < 4.78 is 7.73. The largest absolute Gasteiger partial charge is 0.497 e. The number of aliphatic imine (C=N–C) groups is 1. The fraction of sp³-hybridized carbons (Fsp3) is 0.318. The molecule has 0 radical (unpaired) electrons. The van der Waals surface area contributed by atoms with Gasteiger partial charge in [-0.3, -0.25) is 19.0 Å². The van der Waals surface area contributed by atoms with Gasteiger partial charge in [0.25, 0.3) is 11.5 Å². The van der Waals surface area contributed by atoms with Crippen molar-refractivity contribution in [2.75, 3.05) is 24.3 Å². The summed E-state index contributed by atoms with van der Waals surface area (Å²) in [6.45, 7) is 9.25. The molecular weight excluding hydrogens is 490 g/mol. The third-order valence-electron chi connectivity index (χ3n) is 5.00. The molecule has 1 atom stereocenters. The van der Waals surface area contributed by atoms with Gasteiger partial charge in [-0.2, -0.15) is 0 Å². The summed E-state index contributed by atoms with van der Waals surface area (Å²) in [6.07, 6.45) is 1.45. The van der Waals surface area contributed by atoms with Gasteiger partial charge in [-0.1, -0.05) is 24.8 Å². The molecule has 0 saturated carbocycles. The van der Waals surface area contributed by atoms with Gasteiger partial charge in [0.2, 0.25) is 0 Å². The van der Waals surface area contributed by atoms with E-state index in [-0.39, 0.29) is 23.9 Å². The first kappa shape index (κ1) is 26.1. The smallest absolute Gasteiger partial charge is 0.271 e. The minimum Gasteiger partial charge on any atom is -0.497 e. The fourth-order valence-corrected chi connectivity index (χ4v) is 4.61. The molecule has 1 unspecified atom stereocenters. The number of hydrogen-bond donors (Lipinski definition) is 5. The third-order valence-corrected chi connectivity index (χ3v) is 6.87. The first-order valence-corrected chi connectivity index (χ1v) is 12.2. The van der Waals surface area contributed by atoms with Crippen molar-refractivity contribution in [2.45, 2.75) is 33.3 Å². The number of aliphatic hydroxyl groups is 1. The highest BCUT2D eigenvalue weighted by Crippen LogP contribution is 2.29. The average Bonchev–Trinajstić information content (AvgIpc) is 3.39. The van der Waals surface area contributed by atoms with Gasteiger partial charge in [0, 0.05) is 11.8 Å². The molecule has 13 heteroatoms. The van der Waals surface area contributed by atoms with Crippen LogP contribution >= 0.6 is 22.9 Å². The molecule has 0 spiro atoms. The van der Waals surface area contributed by atoms with Crippen molar-refractivity contribution < 1.29 is 14.6 Å². The van der Waals surface area contributed by atoms with Crippen molar-refractivity contribution >= 4 is 56.3 Å². The van der Waals surface area contributed by atoms with E-state index in [0.29, 0.717) is 38.7 Å². The van der Waals surface area contributed by atoms with Gasteiger partial charge in [-0.05, 0) is 43.4 Å². The zero-order chi connectivity index (χ0) is 25.7. The second-order valence-electron chi connectivity index (χ2n) is 7.55. The summed E-state index contributed by atoms with van der Waals surface area (Å²) >= 11 is 2.16. The Morgan fingerprint density at radius 1 is 1.43 bits per heavy atom. The van der Waals surface area contributed by atoms with E-state index in [1.54, 1.807) is 13.1 Å². The number of nitrogens with zero attached hydrogens (tertiary/aromatic N) is 3. The number of carbonyl (C=O) groups excluding carboxylic acids is 1. The normalized spacial score (nSPS) is 12.3. The van der Waals surface area contributed by atoms with Crippen LogP contribution in [-0.4, -0.2) is 50.9 Å². The molecule has 0 aromatic carbocycles. The van der Waals surface area contributed by atoms with E-state index in [1.165, 1.54) is 7.11 Å². The maximum Gasteiger partial charge on any atom is 0.271 e. The van der Waals surface area contributed by atoms with E-state index in [0.717, 1.165) is 34.0 Å². The van der Waals surface area contributed by atoms with E-state index in [2.05, 4.69) is 36.5 Å². The van der Waals surface area contributed by atoms with Crippen LogP contribution in [0.25, 0.3) is 5.76 Å². The number of methoxy groups -OCH3 is 1. The summed E-state index contributed by atoms with van der Waals surface area (Å²) in [7, 11) is 1.53. The van der Waals surface area contributed by atoms with Crippen LogP contribution < -0.4 is 21.9 Å². The van der Waals surface area contributed by atoms with Gasteiger partial charge in [0.05, 0.1) is 25.5 Å². The summed E-state index contributed by atoms with van der Waals surface area (Å²) in [5.74, 6) is 0.537. The number of nitrogens with two attached hydrogens (primary N) is 1. The van der Waals surface area contributed by atoms with Crippen LogP contribution in [0.5, 0.6) is 0 Å². The second-order valence-corrected chi connectivity index (χ2v) is 9.37. The number of aryl methyl sites for hydroxylation is 2. The summed E-state index contributed by atoms with van der Waals surface area (Å²) in [5.41, 5.74) is 7.74. The molecule has 35 heavy (non-hydrogen) atoms. The molecule has 0 fully saturated rings. The Morgan fingerprint density at radius 2 is 2.17 bits per heavy atom. The number of amidine groups is 1. The van der Waals surface area contributed by atoms with Crippen LogP contribution in [0.1, 0.15) is 45.4 Å². The van der Waals surface area contributed by atoms with Gasteiger partial charge in [0.1, 0.15) is 32.9 Å². The zero-order valence-corrected chi connectivity index (χ0v) is 21.4. The summed E-state index contributed by atoms with van der Waals surface area (Å²) in [6, 6.07) is 1.82. The monoisotopic (exact) mass is 517 g/mol. The van der Waals surface area contributed by atoms with Gasteiger partial charge in [-0.25, -0.2) is 9.97 Å². The van der Waals surface area contributed by atoms with Gasteiger partial charge in [-0.15, -0.1) is 0 Å². The van der Waals surface area contributed by atoms with Gasteiger partial charge < -0.3 is 26.2 Å². The maximum atomic E-state index is 12.9. The molecule has 3 rings (SSSR count). The number of aliphatic hydroxyl groups excluding tert-OH is 1. The molecule has 3 heterocycles. The molecule has 0 aliphatic carbocycles. The van der Waals surface area contributed by atoms with E-state index in [1.807, 2.05) is 19.9 Å². The third kappa shape index (κ3) is 6.12. The molecule has 0 aliphatic rings. The molecule has 6 N–H and O–H groups in total. The molecular formula is C22H27N7O4S2. The van der Waals surface area contributed by atoms with Crippen molar-refractivity contribution in [1.82, 2.24) is 14.3 Å². The van der Waals surface area contributed by atoms with Crippen LogP contribution in [0.2, 0.25) is 0 Å². The SMILES string of the molecule is C=C(OC)c1cnc(NC(=O)c2sc(Nc3s[nH]c(=O)c3C(N)=NCC(O)CC)nc2C)c(C)c1. The lowest BCUT2D eigenvalue weighted by molar-refractivity contribution is 0.102. The standard InChI is InChI=1S/C22H27N7O4S2/c1-6-14(30)9-24-17(23)15-19(31)29-35-21(15)28-22-26-11(3)16(34-22)20(32)27-18-10(2)7-13(8-25-18)12(4)33-5/h7-8,14,30H,4,6,9H2,1-3,5H3,(H2,23,24)(H,26,28)(H,29,31)(H,25,27,32). The lowest BCUT2D eigenvalue weighted by atomic mass is 10.2. The highest BCUT2D eigenvalue weighted by Gasteiger charge is 2.20. The van der Waals surface area contributed by atoms with Crippen LogP contribution in [0.15, 0.2) is 28.6 Å². The van der Waals surface area contributed by atoms with Crippen LogP contribution in [0.3, 0.4) is 0 Å². The fourth-order valence-electron chi connectivity index (χ4n) is 2.93. The number of pyridine rings is 1. The number of rotatable bonds is 10. The van der Waals surface area contributed by atoms with Crippen LogP contribution in [0.4, 0.5) is 16.0 Å². The molecule has 11 nitrogen and oxygen atoms in total. The zero-order valence-electron chi connectivity index (χ0n) is 19.8. The summed E-state index contributed by atoms with van der Waals surface area (Å²) in [5, 5.41) is 16.4. The molecule has 1 amide bonds. The predicted octanol–water partition coefficient (Wildman–Crippen LogP) is 2.99. The number of carbonyl (C=O) groups is 1. The minimum absolute atomic E-state index is 0.00916. The lowest BCUT2D eigenvalue weighted by Gasteiger charge is -2.09. The van der Waals surface area contributed by atoms with Gasteiger partial charge in [0.15, 0.2) is 5.13 Å². The second kappa shape index (κ2) is 11.3. The highest BCUT2D eigenvalue weighted by atomic mass is 32.1. The van der Waals surface area contributed by atoms with E-state index in [9.17, 15) is 14.7 Å². The lowest BCUT2D eigenvalue weighted by Crippen LogP contribution is -2.24. The number of thiazole rings is 1. The molecule has 0 saturated heterocycles. The number of hydrogen-bond acceptors (Lipinski definition) is 10. The van der Waals surface area contributed by atoms with Crippen molar-refractivity contribution in [1.29, 1.82) is 0 Å². The Morgan fingerprint density at radius 3 is 2.83 bits per heavy atom. The quantitative estimate of drug-likeness (QED) is 0.155. The number of ether oxygens (including phenoxy) is 1. The number of amides is 1.